The van der Waals surface area contributed by atoms with Crippen LogP contribution in [-0.4, -0.2) is 27.0 Å². The first kappa shape index (κ1) is 10.2. The summed E-state index contributed by atoms with van der Waals surface area (Å²) in [6.07, 6.45) is 0. The Bertz CT molecular complexity index is 452. The van der Waals surface area contributed by atoms with Crippen LogP contribution in [0.15, 0.2) is 26.6 Å². The van der Waals surface area contributed by atoms with E-state index in [9.17, 15) is 4.79 Å². The van der Waals surface area contributed by atoms with E-state index < -0.39 is 5.97 Å². The van der Waals surface area contributed by atoms with Crippen LogP contribution in [0.1, 0.15) is 0 Å². The summed E-state index contributed by atoms with van der Waals surface area (Å²) in [7, 11) is 0. The number of carboxylic acid groups (broad SMARTS) is 1. The van der Waals surface area contributed by atoms with E-state index in [-0.39, 0.29) is 11.0 Å². The maximum atomic E-state index is 10.3. The molecule has 0 saturated heterocycles. The van der Waals surface area contributed by atoms with Gasteiger partial charge in [-0.15, -0.1) is 0 Å². The lowest BCUT2D eigenvalue weighted by Crippen LogP contribution is -1.97. The maximum absolute atomic E-state index is 10.3. The minimum Gasteiger partial charge on any atom is -0.481 e. The fraction of sp³-hybridized carbons (Fsp3) is 0.125. The third-order valence-electron chi connectivity index (χ3n) is 1.51. The molecule has 7 heteroatoms. The Morgan fingerprint density at radius 1 is 1.67 bits per heavy atom. The molecule has 0 spiro atoms. The Kier molecular flexibility index (Phi) is 3.02. The van der Waals surface area contributed by atoms with Crippen molar-refractivity contribution in [1.29, 1.82) is 0 Å². The van der Waals surface area contributed by atoms with Crippen molar-refractivity contribution in [2.75, 3.05) is 5.75 Å². The SMILES string of the molecule is O=C(O)CSc1nc(-c2ccsc2)no1. The first-order valence-corrected chi connectivity index (χ1v) is 5.89. The van der Waals surface area contributed by atoms with E-state index in [1.54, 1.807) is 0 Å². The Morgan fingerprint density at radius 3 is 3.20 bits per heavy atom. The molecule has 5 nitrogen and oxygen atoms in total. The van der Waals surface area contributed by atoms with Gasteiger partial charge in [-0.05, 0) is 11.4 Å². The fourth-order valence-corrected chi connectivity index (χ4v) is 2.02. The quantitative estimate of drug-likeness (QED) is 0.826. The second-order valence-corrected chi connectivity index (χ2v) is 4.28. The normalized spacial score (nSPS) is 10.4. The number of aliphatic carboxylic acids is 1. The second kappa shape index (κ2) is 4.45. The first-order valence-electron chi connectivity index (χ1n) is 3.96. The van der Waals surface area contributed by atoms with Crippen molar-refractivity contribution in [2.45, 2.75) is 5.22 Å². The second-order valence-electron chi connectivity index (χ2n) is 2.58. The van der Waals surface area contributed by atoms with Gasteiger partial charge in [-0.3, -0.25) is 4.79 Å². The van der Waals surface area contributed by atoms with Gasteiger partial charge in [0, 0.05) is 10.9 Å². The summed E-state index contributed by atoms with van der Waals surface area (Å²) in [4.78, 5) is 14.4. The van der Waals surface area contributed by atoms with Crippen LogP contribution in [0, 0.1) is 0 Å². The molecule has 0 fully saturated rings. The molecule has 0 bridgehead atoms. The number of aromatic nitrogens is 2. The predicted octanol–water partition coefficient (Wildman–Crippen LogP) is 1.97. The van der Waals surface area contributed by atoms with Crippen LogP contribution in [0.25, 0.3) is 11.4 Å². The molecule has 2 heterocycles. The van der Waals surface area contributed by atoms with Crippen molar-refractivity contribution in [3.05, 3.63) is 16.8 Å². The molecule has 0 radical (unpaired) electrons. The molecule has 0 unspecified atom stereocenters. The van der Waals surface area contributed by atoms with E-state index in [1.165, 1.54) is 11.3 Å². The van der Waals surface area contributed by atoms with E-state index in [2.05, 4.69) is 10.1 Å². The van der Waals surface area contributed by atoms with Crippen LogP contribution in [0.5, 0.6) is 0 Å². The molecule has 0 saturated carbocycles. The lowest BCUT2D eigenvalue weighted by molar-refractivity contribution is -0.133. The maximum Gasteiger partial charge on any atom is 0.314 e. The summed E-state index contributed by atoms with van der Waals surface area (Å²) in [6, 6.07) is 1.88. The van der Waals surface area contributed by atoms with Crippen molar-refractivity contribution < 1.29 is 14.4 Å². The van der Waals surface area contributed by atoms with Crippen LogP contribution in [0.2, 0.25) is 0 Å². The molecule has 2 aromatic rings. The third-order valence-corrected chi connectivity index (χ3v) is 2.99. The summed E-state index contributed by atoms with van der Waals surface area (Å²) in [5, 5.41) is 16.3. The van der Waals surface area contributed by atoms with E-state index >= 15 is 0 Å². The highest BCUT2D eigenvalue weighted by atomic mass is 32.2. The highest BCUT2D eigenvalue weighted by molar-refractivity contribution is 7.99. The molecule has 0 atom stereocenters. The van der Waals surface area contributed by atoms with Crippen molar-refractivity contribution in [2.24, 2.45) is 0 Å². The lowest BCUT2D eigenvalue weighted by atomic mass is 10.3. The molecule has 2 aromatic heterocycles. The molecule has 1 N–H and O–H groups in total. The minimum absolute atomic E-state index is 0.0781. The zero-order valence-corrected chi connectivity index (χ0v) is 9.05. The average molecular weight is 242 g/mol. The third kappa shape index (κ3) is 2.57. The minimum atomic E-state index is -0.907. The van der Waals surface area contributed by atoms with Gasteiger partial charge in [0.25, 0.3) is 5.22 Å². The van der Waals surface area contributed by atoms with Gasteiger partial charge in [0.2, 0.25) is 5.82 Å². The molecule has 0 aliphatic carbocycles. The van der Waals surface area contributed by atoms with Gasteiger partial charge in [0.05, 0.1) is 0 Å². The first-order chi connectivity index (χ1) is 7.25. The van der Waals surface area contributed by atoms with Crippen molar-refractivity contribution in [1.82, 2.24) is 10.1 Å². The zero-order valence-electron chi connectivity index (χ0n) is 7.41. The zero-order chi connectivity index (χ0) is 10.7. The number of hydrogen-bond acceptors (Lipinski definition) is 6. The Labute approximate surface area is 93.1 Å². The van der Waals surface area contributed by atoms with Gasteiger partial charge >= 0.3 is 5.97 Å². The van der Waals surface area contributed by atoms with E-state index in [0.717, 1.165) is 17.3 Å². The molecular formula is C8H6N2O3S2. The highest BCUT2D eigenvalue weighted by Gasteiger charge is 2.10. The van der Waals surface area contributed by atoms with Gasteiger partial charge in [0.15, 0.2) is 0 Å². The Balaban J connectivity index is 2.08. The number of rotatable bonds is 4. The summed E-state index contributed by atoms with van der Waals surface area (Å²) in [6.45, 7) is 0. The van der Waals surface area contributed by atoms with Gasteiger partial charge < -0.3 is 9.63 Å². The summed E-state index contributed by atoms with van der Waals surface area (Å²) in [5.74, 6) is -0.495. The monoisotopic (exact) mass is 242 g/mol. The van der Waals surface area contributed by atoms with E-state index in [1.807, 2.05) is 16.8 Å². The number of thiophene rings is 1. The number of thioether (sulfide) groups is 1. The van der Waals surface area contributed by atoms with Gasteiger partial charge in [-0.2, -0.15) is 16.3 Å². The fourth-order valence-electron chi connectivity index (χ4n) is 0.901. The van der Waals surface area contributed by atoms with Crippen LogP contribution in [0.3, 0.4) is 0 Å². The number of carbonyl (C=O) groups is 1. The summed E-state index contributed by atoms with van der Waals surface area (Å²) >= 11 is 2.55. The van der Waals surface area contributed by atoms with Gasteiger partial charge in [-0.25, -0.2) is 0 Å². The standard InChI is InChI=1S/C8H6N2O3S2/c11-6(12)4-15-8-9-7(10-13-8)5-1-2-14-3-5/h1-3H,4H2,(H,11,12). The smallest absolute Gasteiger partial charge is 0.314 e. The van der Waals surface area contributed by atoms with Crippen molar-refractivity contribution in [3.63, 3.8) is 0 Å². The van der Waals surface area contributed by atoms with Crippen LogP contribution in [-0.2, 0) is 4.79 Å². The lowest BCUT2D eigenvalue weighted by Gasteiger charge is -1.87. The number of carboxylic acids is 1. The molecule has 0 aliphatic rings. The van der Waals surface area contributed by atoms with Crippen LogP contribution < -0.4 is 0 Å². The number of hydrogen-bond donors (Lipinski definition) is 1. The Morgan fingerprint density at radius 2 is 2.53 bits per heavy atom. The molecule has 78 valence electrons. The van der Waals surface area contributed by atoms with E-state index in [0.29, 0.717) is 5.82 Å². The predicted molar refractivity (Wildman–Crippen MR) is 56.0 cm³/mol. The number of nitrogens with zero attached hydrogens (tertiary/aromatic N) is 2. The molecule has 15 heavy (non-hydrogen) atoms. The topological polar surface area (TPSA) is 76.2 Å². The van der Waals surface area contributed by atoms with Crippen molar-refractivity contribution in [3.8, 4) is 11.4 Å². The molecule has 0 aliphatic heterocycles. The van der Waals surface area contributed by atoms with Gasteiger partial charge in [0.1, 0.15) is 5.75 Å². The summed E-state index contributed by atoms with van der Waals surface area (Å²) < 4.78 is 4.88. The van der Waals surface area contributed by atoms with E-state index in [4.69, 9.17) is 9.63 Å². The molecule has 2 rings (SSSR count). The van der Waals surface area contributed by atoms with Crippen LogP contribution >= 0.6 is 23.1 Å². The van der Waals surface area contributed by atoms with Gasteiger partial charge in [-0.1, -0.05) is 16.9 Å². The highest BCUT2D eigenvalue weighted by Crippen LogP contribution is 2.22. The Hall–Kier alpha value is -1.34. The average Bonchev–Trinajstić information content (AvgIpc) is 2.85. The molecular weight excluding hydrogens is 236 g/mol. The summed E-state index contributed by atoms with van der Waals surface area (Å²) in [5.41, 5.74) is 0.880. The molecule has 0 amide bonds. The van der Waals surface area contributed by atoms with Crippen molar-refractivity contribution >= 4 is 29.1 Å². The largest absolute Gasteiger partial charge is 0.481 e. The molecule has 0 aromatic carbocycles. The van der Waals surface area contributed by atoms with Crippen LogP contribution in [0.4, 0.5) is 0 Å².